The lowest BCUT2D eigenvalue weighted by Gasteiger charge is -2.22. The molecule has 0 aliphatic carbocycles. The van der Waals surface area contributed by atoms with Crippen LogP contribution in [0.25, 0.3) is 0 Å². The van der Waals surface area contributed by atoms with Gasteiger partial charge in [-0.05, 0) is 38.4 Å². The van der Waals surface area contributed by atoms with Gasteiger partial charge in [0.05, 0.1) is 12.3 Å². The zero-order valence-corrected chi connectivity index (χ0v) is 10.6. The molecule has 0 aromatic carbocycles. The van der Waals surface area contributed by atoms with Crippen molar-refractivity contribution in [3.05, 3.63) is 24.0 Å². The maximum Gasteiger partial charge on any atom is 0.323 e. The summed E-state index contributed by atoms with van der Waals surface area (Å²) in [6.07, 6.45) is 3.58. The molecule has 0 saturated carbocycles. The maximum atomic E-state index is 11.8. The van der Waals surface area contributed by atoms with E-state index in [-0.39, 0.29) is 12.0 Å². The first-order valence-corrected chi connectivity index (χ1v) is 6.32. The van der Waals surface area contributed by atoms with Crippen LogP contribution in [-0.4, -0.2) is 35.0 Å². The Hall–Kier alpha value is -1.62. The Bertz CT molecular complexity index is 422. The molecule has 2 heterocycles. The lowest BCUT2D eigenvalue weighted by molar-refractivity contribution is -0.148. The zero-order valence-electron chi connectivity index (χ0n) is 10.6. The number of aromatic nitrogens is 1. The topological polar surface area (TPSA) is 68.5 Å². The van der Waals surface area contributed by atoms with E-state index in [4.69, 9.17) is 10.5 Å². The van der Waals surface area contributed by atoms with Crippen LogP contribution in [0, 0.1) is 0 Å². The Balaban J connectivity index is 2.01. The average Bonchev–Trinajstić information content (AvgIpc) is 2.77. The van der Waals surface area contributed by atoms with Crippen molar-refractivity contribution in [3.63, 3.8) is 0 Å². The second-order valence-corrected chi connectivity index (χ2v) is 4.46. The SMILES string of the molecule is CCOC(=O)C1CCCN1Cc1cc(N)ccn1. The van der Waals surface area contributed by atoms with Crippen LogP contribution in [-0.2, 0) is 16.1 Å². The highest BCUT2D eigenvalue weighted by Crippen LogP contribution is 2.21. The van der Waals surface area contributed by atoms with E-state index in [1.807, 2.05) is 13.0 Å². The van der Waals surface area contributed by atoms with Crippen LogP contribution in [0.2, 0.25) is 0 Å². The van der Waals surface area contributed by atoms with Gasteiger partial charge >= 0.3 is 5.97 Å². The number of hydrogen-bond acceptors (Lipinski definition) is 5. The first-order valence-electron chi connectivity index (χ1n) is 6.32. The monoisotopic (exact) mass is 249 g/mol. The number of nitrogens with two attached hydrogens (primary N) is 1. The molecule has 1 unspecified atom stereocenters. The number of anilines is 1. The van der Waals surface area contributed by atoms with Crippen LogP contribution >= 0.6 is 0 Å². The van der Waals surface area contributed by atoms with Crippen molar-refractivity contribution in [2.45, 2.75) is 32.4 Å². The van der Waals surface area contributed by atoms with Gasteiger partial charge in [-0.1, -0.05) is 0 Å². The van der Waals surface area contributed by atoms with Crippen molar-refractivity contribution >= 4 is 11.7 Å². The second kappa shape index (κ2) is 5.82. The quantitative estimate of drug-likeness (QED) is 0.812. The molecule has 0 amide bonds. The summed E-state index contributed by atoms with van der Waals surface area (Å²) in [6.45, 7) is 3.81. The molecular weight excluding hydrogens is 230 g/mol. The van der Waals surface area contributed by atoms with Crippen molar-refractivity contribution in [2.75, 3.05) is 18.9 Å². The highest BCUT2D eigenvalue weighted by Gasteiger charge is 2.31. The van der Waals surface area contributed by atoms with Gasteiger partial charge < -0.3 is 10.5 Å². The minimum atomic E-state index is -0.131. The molecule has 98 valence electrons. The Morgan fingerprint density at radius 1 is 1.67 bits per heavy atom. The third-order valence-electron chi connectivity index (χ3n) is 3.13. The van der Waals surface area contributed by atoms with Gasteiger partial charge in [0, 0.05) is 18.4 Å². The Labute approximate surface area is 107 Å². The van der Waals surface area contributed by atoms with Crippen molar-refractivity contribution in [3.8, 4) is 0 Å². The van der Waals surface area contributed by atoms with Gasteiger partial charge in [0.1, 0.15) is 6.04 Å². The van der Waals surface area contributed by atoms with E-state index < -0.39 is 0 Å². The zero-order chi connectivity index (χ0) is 13.0. The Morgan fingerprint density at radius 2 is 2.50 bits per heavy atom. The molecule has 18 heavy (non-hydrogen) atoms. The molecule has 1 aliphatic heterocycles. The number of ether oxygens (including phenoxy) is 1. The van der Waals surface area contributed by atoms with Gasteiger partial charge in [-0.15, -0.1) is 0 Å². The molecular formula is C13H19N3O2. The van der Waals surface area contributed by atoms with E-state index >= 15 is 0 Å². The fourth-order valence-corrected chi connectivity index (χ4v) is 2.31. The van der Waals surface area contributed by atoms with E-state index in [1.165, 1.54) is 0 Å². The summed E-state index contributed by atoms with van der Waals surface area (Å²) in [5, 5.41) is 0. The number of esters is 1. The van der Waals surface area contributed by atoms with E-state index in [0.717, 1.165) is 25.1 Å². The summed E-state index contributed by atoms with van der Waals surface area (Å²) in [5.74, 6) is -0.126. The molecule has 2 rings (SSSR count). The molecule has 1 aliphatic rings. The number of carbonyl (C=O) groups excluding carboxylic acids is 1. The van der Waals surface area contributed by atoms with Crippen LogP contribution < -0.4 is 5.73 Å². The molecule has 2 N–H and O–H groups in total. The van der Waals surface area contributed by atoms with Crippen LogP contribution in [0.5, 0.6) is 0 Å². The van der Waals surface area contributed by atoms with Gasteiger partial charge in [0.2, 0.25) is 0 Å². The van der Waals surface area contributed by atoms with Crippen molar-refractivity contribution in [1.29, 1.82) is 0 Å². The Kier molecular flexibility index (Phi) is 4.15. The van der Waals surface area contributed by atoms with Crippen LogP contribution in [0.1, 0.15) is 25.5 Å². The number of pyridine rings is 1. The summed E-state index contributed by atoms with van der Waals surface area (Å²) in [6, 6.07) is 3.48. The minimum Gasteiger partial charge on any atom is -0.465 e. The first kappa shape index (κ1) is 12.8. The van der Waals surface area contributed by atoms with Crippen molar-refractivity contribution in [2.24, 2.45) is 0 Å². The van der Waals surface area contributed by atoms with E-state index in [0.29, 0.717) is 18.8 Å². The summed E-state index contributed by atoms with van der Waals surface area (Å²) in [5.41, 5.74) is 7.32. The minimum absolute atomic E-state index is 0.126. The summed E-state index contributed by atoms with van der Waals surface area (Å²) < 4.78 is 5.09. The maximum absolute atomic E-state index is 11.8. The van der Waals surface area contributed by atoms with Crippen LogP contribution in [0.3, 0.4) is 0 Å². The van der Waals surface area contributed by atoms with Gasteiger partial charge in [0.25, 0.3) is 0 Å². The molecule has 1 aromatic rings. The molecule has 0 spiro atoms. The number of rotatable bonds is 4. The number of nitrogens with zero attached hydrogens (tertiary/aromatic N) is 2. The number of nitrogen functional groups attached to an aromatic ring is 1. The molecule has 5 heteroatoms. The fraction of sp³-hybridized carbons (Fsp3) is 0.538. The Morgan fingerprint density at radius 3 is 3.22 bits per heavy atom. The van der Waals surface area contributed by atoms with Gasteiger partial charge in [0.15, 0.2) is 0 Å². The van der Waals surface area contributed by atoms with Crippen molar-refractivity contribution in [1.82, 2.24) is 9.88 Å². The van der Waals surface area contributed by atoms with Gasteiger partial charge in [-0.2, -0.15) is 0 Å². The standard InChI is InChI=1S/C13H19N3O2/c1-2-18-13(17)12-4-3-7-16(12)9-11-8-10(14)5-6-15-11/h5-6,8,12H,2-4,7,9H2,1H3,(H2,14,15). The number of likely N-dealkylation sites (tertiary alicyclic amines) is 1. The fourth-order valence-electron chi connectivity index (χ4n) is 2.31. The van der Waals surface area contributed by atoms with E-state index in [1.54, 1.807) is 12.3 Å². The third-order valence-corrected chi connectivity index (χ3v) is 3.13. The normalized spacial score (nSPS) is 19.9. The summed E-state index contributed by atoms with van der Waals surface area (Å²) in [7, 11) is 0. The lowest BCUT2D eigenvalue weighted by Crippen LogP contribution is -2.37. The van der Waals surface area contributed by atoms with Crippen molar-refractivity contribution < 1.29 is 9.53 Å². The molecule has 1 fully saturated rings. The second-order valence-electron chi connectivity index (χ2n) is 4.46. The molecule has 0 radical (unpaired) electrons. The third kappa shape index (κ3) is 2.98. The van der Waals surface area contributed by atoms with Crippen LogP contribution in [0.4, 0.5) is 5.69 Å². The van der Waals surface area contributed by atoms with E-state index in [2.05, 4.69) is 9.88 Å². The average molecular weight is 249 g/mol. The summed E-state index contributed by atoms with van der Waals surface area (Å²) >= 11 is 0. The molecule has 0 bridgehead atoms. The highest BCUT2D eigenvalue weighted by atomic mass is 16.5. The number of carbonyl (C=O) groups is 1. The molecule has 5 nitrogen and oxygen atoms in total. The highest BCUT2D eigenvalue weighted by molar-refractivity contribution is 5.76. The molecule has 1 saturated heterocycles. The van der Waals surface area contributed by atoms with E-state index in [9.17, 15) is 4.79 Å². The van der Waals surface area contributed by atoms with Gasteiger partial charge in [-0.25, -0.2) is 0 Å². The number of hydrogen-bond donors (Lipinski definition) is 1. The predicted molar refractivity (Wildman–Crippen MR) is 68.7 cm³/mol. The summed E-state index contributed by atoms with van der Waals surface area (Å²) in [4.78, 5) is 18.2. The predicted octanol–water partition coefficient (Wildman–Crippen LogP) is 1.19. The lowest BCUT2D eigenvalue weighted by atomic mass is 10.2. The van der Waals surface area contributed by atoms with Gasteiger partial charge in [-0.3, -0.25) is 14.7 Å². The molecule has 1 aromatic heterocycles. The molecule has 1 atom stereocenters. The largest absolute Gasteiger partial charge is 0.465 e. The first-order chi connectivity index (χ1) is 8.70. The van der Waals surface area contributed by atoms with Crippen LogP contribution in [0.15, 0.2) is 18.3 Å². The smallest absolute Gasteiger partial charge is 0.323 e.